The molecule has 1 aliphatic heterocycles. The van der Waals surface area contributed by atoms with Crippen LogP contribution in [0.1, 0.15) is 57.6 Å². The van der Waals surface area contributed by atoms with E-state index < -0.39 is 0 Å². The monoisotopic (exact) mass is 368 g/mol. The van der Waals surface area contributed by atoms with Gasteiger partial charge in [-0.2, -0.15) is 0 Å². The second kappa shape index (κ2) is 5.97. The fourth-order valence-electron chi connectivity index (χ4n) is 7.90. The van der Waals surface area contributed by atoms with Gasteiger partial charge in [0.05, 0.1) is 0 Å². The molecule has 0 aromatic heterocycles. The Balaban J connectivity index is 1.68. The molecule has 3 fully saturated rings. The first-order valence-electron chi connectivity index (χ1n) is 11.1. The van der Waals surface area contributed by atoms with Crippen molar-refractivity contribution in [3.8, 4) is 5.75 Å². The second-order valence-corrected chi connectivity index (χ2v) is 10.4. The number of benzene rings is 1. The van der Waals surface area contributed by atoms with Gasteiger partial charge in [-0.05, 0) is 99.0 Å². The number of piperidine rings is 1. The van der Waals surface area contributed by atoms with Gasteiger partial charge in [-0.25, -0.2) is 0 Å². The maximum absolute atomic E-state index is 10.4. The number of phenols is 1. The Labute approximate surface area is 164 Å². The standard InChI is InChI=1S/C24H36N2O/c1-15-13-23(3)21-11-18-7-8-19(27)12-20(18)24(23,22(15)16(2)25-4)9-10-26(21)14-17-5-6-17/h7-8,12,15-17,21-22,25,27H,5-6,9-11,13-14H2,1-4H3/t15-,16?,21?,22?,23?,24?/m0/s1. The van der Waals surface area contributed by atoms with Gasteiger partial charge in [0.1, 0.15) is 5.75 Å². The molecule has 3 heteroatoms. The number of fused-ring (bicyclic) bond motifs is 1. The van der Waals surface area contributed by atoms with Crippen LogP contribution >= 0.6 is 0 Å². The summed E-state index contributed by atoms with van der Waals surface area (Å²) < 4.78 is 0. The van der Waals surface area contributed by atoms with Gasteiger partial charge >= 0.3 is 0 Å². The van der Waals surface area contributed by atoms with E-state index >= 15 is 0 Å². The first-order valence-corrected chi connectivity index (χ1v) is 11.1. The molecule has 5 rings (SSSR count). The van der Waals surface area contributed by atoms with Gasteiger partial charge in [-0.15, -0.1) is 0 Å². The molecule has 2 bridgehead atoms. The molecule has 1 heterocycles. The molecular weight excluding hydrogens is 332 g/mol. The summed E-state index contributed by atoms with van der Waals surface area (Å²) in [4.78, 5) is 2.87. The molecule has 0 spiro atoms. The fraction of sp³-hybridized carbons (Fsp3) is 0.750. The zero-order valence-electron chi connectivity index (χ0n) is 17.5. The highest BCUT2D eigenvalue weighted by atomic mass is 16.3. The summed E-state index contributed by atoms with van der Waals surface area (Å²) in [6, 6.07) is 7.41. The van der Waals surface area contributed by atoms with Gasteiger partial charge < -0.3 is 10.4 Å². The molecule has 2 N–H and O–H groups in total. The van der Waals surface area contributed by atoms with Crippen molar-refractivity contribution in [1.82, 2.24) is 10.2 Å². The zero-order chi connectivity index (χ0) is 19.0. The third-order valence-corrected chi connectivity index (χ3v) is 9.09. The van der Waals surface area contributed by atoms with Crippen LogP contribution in [0.4, 0.5) is 0 Å². The summed E-state index contributed by atoms with van der Waals surface area (Å²) in [6.45, 7) is 10.0. The minimum Gasteiger partial charge on any atom is -0.508 e. The van der Waals surface area contributed by atoms with Crippen molar-refractivity contribution in [3.63, 3.8) is 0 Å². The fourth-order valence-corrected chi connectivity index (χ4v) is 7.90. The number of aromatic hydroxyl groups is 1. The molecule has 4 aliphatic rings. The molecule has 6 atom stereocenters. The van der Waals surface area contributed by atoms with Crippen LogP contribution in [0.15, 0.2) is 18.2 Å². The van der Waals surface area contributed by atoms with Gasteiger partial charge in [0, 0.05) is 24.0 Å². The van der Waals surface area contributed by atoms with E-state index in [1.807, 2.05) is 6.07 Å². The Bertz CT molecular complexity index is 744. The largest absolute Gasteiger partial charge is 0.508 e. The zero-order valence-corrected chi connectivity index (χ0v) is 17.5. The smallest absolute Gasteiger partial charge is 0.115 e. The normalized spacial score (nSPS) is 41.9. The minimum absolute atomic E-state index is 0.186. The van der Waals surface area contributed by atoms with Crippen LogP contribution in [-0.2, 0) is 11.8 Å². The maximum Gasteiger partial charge on any atom is 0.115 e. The molecule has 1 aromatic carbocycles. The number of hydrogen-bond donors (Lipinski definition) is 2. The lowest BCUT2D eigenvalue weighted by Crippen LogP contribution is -2.66. The van der Waals surface area contributed by atoms with Crippen molar-refractivity contribution in [2.45, 2.75) is 70.4 Å². The number of likely N-dealkylation sites (tertiary alicyclic amines) is 1. The third kappa shape index (κ3) is 2.34. The van der Waals surface area contributed by atoms with E-state index in [4.69, 9.17) is 0 Å². The summed E-state index contributed by atoms with van der Waals surface area (Å²) in [6.07, 6.45) is 6.58. The number of nitrogens with one attached hydrogen (secondary N) is 1. The number of phenolic OH excluding ortho intramolecular Hbond substituents is 1. The Morgan fingerprint density at radius 2 is 2.11 bits per heavy atom. The molecule has 1 aromatic rings. The van der Waals surface area contributed by atoms with Crippen molar-refractivity contribution >= 4 is 0 Å². The second-order valence-electron chi connectivity index (χ2n) is 10.4. The molecule has 5 unspecified atom stereocenters. The molecule has 2 saturated carbocycles. The highest BCUT2D eigenvalue weighted by molar-refractivity contribution is 5.49. The lowest BCUT2D eigenvalue weighted by molar-refractivity contribution is -0.0581. The summed E-state index contributed by atoms with van der Waals surface area (Å²) in [5.41, 5.74) is 3.46. The minimum atomic E-state index is 0.186. The third-order valence-electron chi connectivity index (χ3n) is 9.09. The molecule has 3 nitrogen and oxygen atoms in total. The molecule has 27 heavy (non-hydrogen) atoms. The Kier molecular flexibility index (Phi) is 3.98. The van der Waals surface area contributed by atoms with E-state index in [2.05, 4.69) is 50.2 Å². The molecule has 3 aliphatic carbocycles. The van der Waals surface area contributed by atoms with E-state index in [0.29, 0.717) is 35.1 Å². The van der Waals surface area contributed by atoms with E-state index in [0.717, 1.165) is 12.3 Å². The van der Waals surface area contributed by atoms with E-state index in [1.165, 1.54) is 49.9 Å². The van der Waals surface area contributed by atoms with Crippen LogP contribution in [0.25, 0.3) is 0 Å². The van der Waals surface area contributed by atoms with Crippen LogP contribution < -0.4 is 5.32 Å². The van der Waals surface area contributed by atoms with E-state index in [-0.39, 0.29) is 5.41 Å². The van der Waals surface area contributed by atoms with Crippen molar-refractivity contribution in [3.05, 3.63) is 29.3 Å². The van der Waals surface area contributed by atoms with Crippen LogP contribution in [-0.4, -0.2) is 42.2 Å². The van der Waals surface area contributed by atoms with Crippen molar-refractivity contribution < 1.29 is 5.11 Å². The predicted octanol–water partition coefficient (Wildman–Crippen LogP) is 3.94. The lowest BCUT2D eigenvalue weighted by Gasteiger charge is -2.63. The highest BCUT2D eigenvalue weighted by Gasteiger charge is 2.69. The van der Waals surface area contributed by atoms with Gasteiger partial charge in [0.25, 0.3) is 0 Å². The SMILES string of the molecule is CNC(C)C1[C@@H](C)CC2(C)C3Cc4ccc(O)cc4C12CCN3CC1CC1. The van der Waals surface area contributed by atoms with E-state index in [9.17, 15) is 5.11 Å². The average molecular weight is 369 g/mol. The van der Waals surface area contributed by atoms with Crippen LogP contribution in [0.2, 0.25) is 0 Å². The summed E-state index contributed by atoms with van der Waals surface area (Å²) in [7, 11) is 2.12. The molecular formula is C24H36N2O. The van der Waals surface area contributed by atoms with Gasteiger partial charge in [0.15, 0.2) is 0 Å². The molecule has 148 valence electrons. The van der Waals surface area contributed by atoms with Crippen LogP contribution in [0.3, 0.4) is 0 Å². The van der Waals surface area contributed by atoms with Gasteiger partial charge in [-0.1, -0.05) is 19.9 Å². The van der Waals surface area contributed by atoms with E-state index in [1.54, 1.807) is 0 Å². The quantitative estimate of drug-likeness (QED) is 0.845. The topological polar surface area (TPSA) is 35.5 Å². The number of hydrogen-bond acceptors (Lipinski definition) is 3. The summed E-state index contributed by atoms with van der Waals surface area (Å²) in [5.74, 6) is 2.72. The maximum atomic E-state index is 10.4. The van der Waals surface area contributed by atoms with Crippen LogP contribution in [0.5, 0.6) is 5.75 Å². The summed E-state index contributed by atoms with van der Waals surface area (Å²) >= 11 is 0. The summed E-state index contributed by atoms with van der Waals surface area (Å²) in [5, 5.41) is 14.0. The molecule has 0 amide bonds. The average Bonchev–Trinajstić information content (AvgIpc) is 3.39. The number of nitrogens with zero attached hydrogens (tertiary/aromatic N) is 1. The first-order chi connectivity index (χ1) is 12.9. The molecule has 1 saturated heterocycles. The van der Waals surface area contributed by atoms with Gasteiger partial charge in [0.2, 0.25) is 0 Å². The number of rotatable bonds is 4. The Morgan fingerprint density at radius 3 is 2.81 bits per heavy atom. The Morgan fingerprint density at radius 1 is 1.33 bits per heavy atom. The lowest BCUT2D eigenvalue weighted by atomic mass is 9.48. The van der Waals surface area contributed by atoms with Gasteiger partial charge in [-0.3, -0.25) is 4.90 Å². The van der Waals surface area contributed by atoms with Crippen molar-refractivity contribution in [2.24, 2.45) is 23.2 Å². The first kappa shape index (κ1) is 18.0. The molecule has 0 radical (unpaired) electrons. The highest BCUT2D eigenvalue weighted by Crippen LogP contribution is 2.69. The van der Waals surface area contributed by atoms with Crippen molar-refractivity contribution in [2.75, 3.05) is 20.1 Å². The Hall–Kier alpha value is -1.06. The predicted molar refractivity (Wildman–Crippen MR) is 110 cm³/mol. The van der Waals surface area contributed by atoms with Crippen molar-refractivity contribution in [1.29, 1.82) is 0 Å². The van der Waals surface area contributed by atoms with Crippen LogP contribution in [0, 0.1) is 23.2 Å².